The van der Waals surface area contributed by atoms with E-state index in [0.29, 0.717) is 5.56 Å². The zero-order valence-corrected chi connectivity index (χ0v) is 21.4. The number of nitrogens with zero attached hydrogens (tertiary/aromatic N) is 1. The number of ether oxygens (including phenoxy) is 4. The van der Waals surface area contributed by atoms with Crippen molar-refractivity contribution in [3.8, 4) is 0 Å². The molecule has 0 amide bonds. The van der Waals surface area contributed by atoms with Gasteiger partial charge in [0, 0.05) is 23.8 Å². The Kier molecular flexibility index (Phi) is 8.60. The van der Waals surface area contributed by atoms with Crippen molar-refractivity contribution in [1.82, 2.24) is 4.90 Å². The van der Waals surface area contributed by atoms with Crippen molar-refractivity contribution in [2.75, 3.05) is 19.8 Å². The maximum atomic E-state index is 15.1. The summed E-state index contributed by atoms with van der Waals surface area (Å²) >= 11 is 0. The van der Waals surface area contributed by atoms with Crippen LogP contribution in [0.3, 0.4) is 0 Å². The van der Waals surface area contributed by atoms with Gasteiger partial charge in [0.2, 0.25) is 0 Å². The highest BCUT2D eigenvalue weighted by atomic mass is 19.4. The van der Waals surface area contributed by atoms with E-state index >= 15 is 13.2 Å². The number of esters is 3. The highest BCUT2D eigenvalue weighted by Gasteiger charge is 2.73. The first kappa shape index (κ1) is 30.9. The highest BCUT2D eigenvalue weighted by molar-refractivity contribution is 5.95. The number of fused-ring (bicyclic) bond motifs is 3. The lowest BCUT2D eigenvalue weighted by Crippen LogP contribution is -2.64. The van der Waals surface area contributed by atoms with Crippen molar-refractivity contribution < 1.29 is 64.8 Å². The van der Waals surface area contributed by atoms with E-state index in [0.717, 1.165) is 24.9 Å². The van der Waals surface area contributed by atoms with Crippen molar-refractivity contribution in [3.05, 3.63) is 52.9 Å². The van der Waals surface area contributed by atoms with Crippen LogP contribution < -0.4 is 0 Å². The number of halogens is 6. The van der Waals surface area contributed by atoms with E-state index in [9.17, 15) is 32.7 Å². The molecule has 220 valence electrons. The van der Waals surface area contributed by atoms with E-state index in [2.05, 4.69) is 9.47 Å². The molecule has 3 rings (SSSR count). The van der Waals surface area contributed by atoms with Gasteiger partial charge in [-0.2, -0.15) is 26.3 Å². The molecule has 0 saturated heterocycles. The summed E-state index contributed by atoms with van der Waals surface area (Å²) in [6.07, 6.45) is -13.6. The molecule has 1 aromatic rings. The molecule has 2 heterocycles. The second-order valence-electron chi connectivity index (χ2n) is 8.52. The van der Waals surface area contributed by atoms with Crippen LogP contribution in [-0.2, 0) is 33.3 Å². The normalized spacial score (nSPS) is 22.1. The van der Waals surface area contributed by atoms with Gasteiger partial charge in [-0.25, -0.2) is 14.4 Å². The number of hydrogen-bond acceptors (Lipinski definition) is 9. The second-order valence-corrected chi connectivity index (χ2v) is 8.52. The Morgan fingerprint density at radius 1 is 0.975 bits per heavy atom. The predicted molar refractivity (Wildman–Crippen MR) is 122 cm³/mol. The summed E-state index contributed by atoms with van der Waals surface area (Å²) in [7, 11) is 0. The average molecular weight is 581 g/mol. The van der Waals surface area contributed by atoms with Gasteiger partial charge in [-0.3, -0.25) is 0 Å². The standard InChI is InChI=1S/C25H25F6NO8/c1-4-37-19(33)17-16(13-22(36,24(26,27)28)20(34)38-5-2)23(25(29,30)31,21(35)39-6-3)40-18-15-10-8-7-9-14(15)11-12-32(17)18/h7-12,18,36H,4-6,13H2,1-3H3/t18-,22-,23+/m1/s1. The van der Waals surface area contributed by atoms with E-state index in [1.807, 2.05) is 0 Å². The molecule has 0 spiro atoms. The smallest absolute Gasteiger partial charge is 0.432 e. The topological polar surface area (TPSA) is 112 Å². The fourth-order valence-corrected chi connectivity index (χ4v) is 4.34. The van der Waals surface area contributed by atoms with Crippen LogP contribution in [0.4, 0.5) is 26.3 Å². The maximum Gasteiger partial charge on any atom is 0.432 e. The molecule has 15 heteroatoms. The zero-order valence-electron chi connectivity index (χ0n) is 21.4. The Hall–Kier alpha value is -3.59. The first-order chi connectivity index (χ1) is 18.6. The summed E-state index contributed by atoms with van der Waals surface area (Å²) in [6, 6.07) is 5.77. The highest BCUT2D eigenvalue weighted by Crippen LogP contribution is 2.54. The maximum absolute atomic E-state index is 15.1. The number of aliphatic hydroxyl groups is 1. The predicted octanol–water partition coefficient (Wildman–Crippen LogP) is 3.93. The molecular formula is C25H25F6NO8. The molecule has 3 atom stereocenters. The van der Waals surface area contributed by atoms with Crippen molar-refractivity contribution in [2.24, 2.45) is 0 Å². The monoisotopic (exact) mass is 581 g/mol. The third kappa shape index (κ3) is 5.03. The van der Waals surface area contributed by atoms with E-state index in [1.54, 1.807) is 6.07 Å². The molecule has 0 unspecified atom stereocenters. The Bertz CT molecular complexity index is 1230. The minimum absolute atomic E-state index is 0.0141. The van der Waals surface area contributed by atoms with Gasteiger partial charge in [-0.05, 0) is 32.4 Å². The number of carbonyl (C=O) groups excluding carboxylic acids is 3. The lowest BCUT2D eigenvalue weighted by molar-refractivity contribution is -0.300. The molecule has 0 aliphatic carbocycles. The quantitative estimate of drug-likeness (QED) is 0.277. The Morgan fingerprint density at radius 2 is 1.57 bits per heavy atom. The summed E-state index contributed by atoms with van der Waals surface area (Å²) in [5.74, 6) is -6.17. The SMILES string of the molecule is CCOC(=O)C1=C(C[C@@](O)(C(=O)OCC)C(F)(F)F)[C@](C(=O)OCC)(C(F)(F)F)O[C@@H]2c3ccccc3C=CN12. The second kappa shape index (κ2) is 11.1. The van der Waals surface area contributed by atoms with Gasteiger partial charge in [0.1, 0.15) is 5.70 Å². The summed E-state index contributed by atoms with van der Waals surface area (Å²) < 4.78 is 107. The molecule has 9 nitrogen and oxygen atoms in total. The third-order valence-electron chi connectivity index (χ3n) is 6.13. The molecule has 0 bridgehead atoms. The molecule has 2 aliphatic rings. The fourth-order valence-electron chi connectivity index (χ4n) is 4.34. The van der Waals surface area contributed by atoms with E-state index in [1.165, 1.54) is 31.2 Å². The summed E-state index contributed by atoms with van der Waals surface area (Å²) in [6.45, 7) is 1.72. The molecule has 2 aliphatic heterocycles. The number of carbonyl (C=O) groups is 3. The number of benzene rings is 1. The van der Waals surface area contributed by atoms with E-state index in [-0.39, 0.29) is 5.56 Å². The number of rotatable bonds is 8. The van der Waals surface area contributed by atoms with Crippen molar-refractivity contribution in [3.63, 3.8) is 0 Å². The number of hydrogen-bond donors (Lipinski definition) is 1. The number of alkyl halides is 6. The largest absolute Gasteiger partial charge is 0.464 e. The lowest BCUT2D eigenvalue weighted by atomic mass is 9.79. The fraction of sp³-hybridized carbons (Fsp3) is 0.480. The first-order valence-corrected chi connectivity index (χ1v) is 11.9. The van der Waals surface area contributed by atoms with E-state index < -0.39 is 85.2 Å². The molecule has 0 saturated carbocycles. The Labute approximate surface area is 223 Å². The van der Waals surface area contributed by atoms with Crippen LogP contribution in [0.1, 0.15) is 44.5 Å². The summed E-state index contributed by atoms with van der Waals surface area (Å²) in [5, 5.41) is 10.6. The van der Waals surface area contributed by atoms with Crippen LogP contribution in [0, 0.1) is 0 Å². The van der Waals surface area contributed by atoms with Crippen LogP contribution in [0.2, 0.25) is 0 Å². The molecule has 1 N–H and O–H groups in total. The van der Waals surface area contributed by atoms with Gasteiger partial charge in [0.25, 0.3) is 11.2 Å². The van der Waals surface area contributed by atoms with Gasteiger partial charge >= 0.3 is 30.3 Å². The molecule has 0 fully saturated rings. The minimum atomic E-state index is -5.93. The van der Waals surface area contributed by atoms with Gasteiger partial charge in [0.15, 0.2) is 6.23 Å². The van der Waals surface area contributed by atoms with Gasteiger partial charge in [-0.15, -0.1) is 0 Å². The lowest BCUT2D eigenvalue weighted by Gasteiger charge is -2.49. The van der Waals surface area contributed by atoms with Crippen LogP contribution in [0.5, 0.6) is 0 Å². The summed E-state index contributed by atoms with van der Waals surface area (Å²) in [4.78, 5) is 39.5. The molecule has 0 aromatic heterocycles. The van der Waals surface area contributed by atoms with Crippen LogP contribution in [-0.4, -0.2) is 71.3 Å². The van der Waals surface area contributed by atoms with Gasteiger partial charge in [-0.1, -0.05) is 24.3 Å². The van der Waals surface area contributed by atoms with Crippen molar-refractivity contribution in [1.29, 1.82) is 0 Å². The van der Waals surface area contributed by atoms with Gasteiger partial charge in [0.05, 0.1) is 19.8 Å². The average Bonchev–Trinajstić information content (AvgIpc) is 2.86. The van der Waals surface area contributed by atoms with Crippen molar-refractivity contribution in [2.45, 2.75) is 57.0 Å². The van der Waals surface area contributed by atoms with Crippen molar-refractivity contribution >= 4 is 24.0 Å². The van der Waals surface area contributed by atoms with Crippen LogP contribution in [0.15, 0.2) is 41.7 Å². The van der Waals surface area contributed by atoms with E-state index in [4.69, 9.17) is 9.47 Å². The minimum Gasteiger partial charge on any atom is -0.464 e. The molecular weight excluding hydrogens is 556 g/mol. The van der Waals surface area contributed by atoms with Gasteiger partial charge < -0.3 is 29.0 Å². The molecule has 0 radical (unpaired) electrons. The summed E-state index contributed by atoms with van der Waals surface area (Å²) in [5.41, 5.74) is -11.7. The molecule has 1 aromatic carbocycles. The third-order valence-corrected chi connectivity index (χ3v) is 6.13. The first-order valence-electron chi connectivity index (χ1n) is 11.9. The molecule has 40 heavy (non-hydrogen) atoms. The zero-order chi connectivity index (χ0) is 30.1. The van der Waals surface area contributed by atoms with Crippen LogP contribution >= 0.6 is 0 Å². The Balaban J connectivity index is 2.49. The van der Waals surface area contributed by atoms with Crippen LogP contribution in [0.25, 0.3) is 6.08 Å². The Morgan fingerprint density at radius 3 is 2.12 bits per heavy atom.